The van der Waals surface area contributed by atoms with Crippen LogP contribution >= 0.6 is 0 Å². The summed E-state index contributed by atoms with van der Waals surface area (Å²) >= 11 is 0. The molecule has 1 aliphatic heterocycles. The van der Waals surface area contributed by atoms with Crippen LogP contribution in [0, 0.1) is 10.8 Å². The Bertz CT molecular complexity index is 1060. The SMILES string of the molecule is CC.CC1(C)C=CC=C2CC(=O)NC2=C1.CC1(C)C=CC=c2ccc(=O)[nH]c2=C1. The molecule has 4 heteroatoms. The summed E-state index contributed by atoms with van der Waals surface area (Å²) in [7, 11) is 0. The van der Waals surface area contributed by atoms with Crippen molar-refractivity contribution in [1.82, 2.24) is 10.3 Å². The second kappa shape index (κ2) is 9.08. The van der Waals surface area contributed by atoms with Crippen LogP contribution in [0.3, 0.4) is 0 Å². The van der Waals surface area contributed by atoms with E-state index in [1.807, 2.05) is 44.2 Å². The molecule has 0 unspecified atom stereocenters. The van der Waals surface area contributed by atoms with Crippen LogP contribution in [0.4, 0.5) is 0 Å². The lowest BCUT2D eigenvalue weighted by molar-refractivity contribution is -0.118. The van der Waals surface area contributed by atoms with Crippen LogP contribution in [0.15, 0.2) is 64.7 Å². The second-order valence-electron chi connectivity index (χ2n) is 8.34. The fraction of sp³-hybridized carbons (Fsp3) is 0.360. The molecule has 0 radical (unpaired) electrons. The smallest absolute Gasteiger partial charge is 0.248 e. The van der Waals surface area contributed by atoms with Crippen molar-refractivity contribution in [2.75, 3.05) is 0 Å². The third-order valence-corrected chi connectivity index (χ3v) is 4.61. The molecule has 2 N–H and O–H groups in total. The summed E-state index contributed by atoms with van der Waals surface area (Å²) in [6.07, 6.45) is 17.0. The van der Waals surface area contributed by atoms with E-state index in [4.69, 9.17) is 0 Å². The Morgan fingerprint density at radius 1 is 0.862 bits per heavy atom. The predicted molar refractivity (Wildman–Crippen MR) is 121 cm³/mol. The van der Waals surface area contributed by atoms with Crippen molar-refractivity contribution in [3.63, 3.8) is 0 Å². The van der Waals surface area contributed by atoms with Gasteiger partial charge < -0.3 is 10.3 Å². The second-order valence-corrected chi connectivity index (χ2v) is 8.34. The van der Waals surface area contributed by atoms with Gasteiger partial charge in [0.2, 0.25) is 11.5 Å². The minimum Gasteiger partial charge on any atom is -0.326 e. The van der Waals surface area contributed by atoms with Crippen molar-refractivity contribution < 1.29 is 4.79 Å². The van der Waals surface area contributed by atoms with Crippen LogP contribution in [0.2, 0.25) is 0 Å². The predicted octanol–water partition coefficient (Wildman–Crippen LogP) is 3.47. The zero-order valence-electron chi connectivity index (χ0n) is 18.3. The lowest BCUT2D eigenvalue weighted by Gasteiger charge is -2.14. The number of rotatable bonds is 0. The third kappa shape index (κ3) is 6.31. The van der Waals surface area contributed by atoms with E-state index < -0.39 is 0 Å². The number of aromatic amines is 1. The van der Waals surface area contributed by atoms with Crippen LogP contribution in [0.5, 0.6) is 0 Å². The number of aromatic nitrogens is 1. The zero-order valence-corrected chi connectivity index (χ0v) is 18.3. The fourth-order valence-electron chi connectivity index (χ4n) is 3.24. The molecular formula is C25H32N2O2. The number of carbonyl (C=O) groups excluding carboxylic acids is 1. The van der Waals surface area contributed by atoms with Gasteiger partial charge >= 0.3 is 0 Å². The normalized spacial score (nSPS) is 19.6. The van der Waals surface area contributed by atoms with Crippen molar-refractivity contribution in [2.45, 2.75) is 48.0 Å². The van der Waals surface area contributed by atoms with Crippen LogP contribution in [-0.4, -0.2) is 10.9 Å². The zero-order chi connectivity index (χ0) is 21.7. The third-order valence-electron chi connectivity index (χ3n) is 4.61. The Kier molecular flexibility index (Phi) is 7.02. The number of amides is 1. The highest BCUT2D eigenvalue weighted by molar-refractivity contribution is 5.87. The number of hydrogen-bond donors (Lipinski definition) is 2. The van der Waals surface area contributed by atoms with E-state index in [-0.39, 0.29) is 22.3 Å². The Morgan fingerprint density at radius 2 is 1.48 bits per heavy atom. The van der Waals surface area contributed by atoms with E-state index in [2.05, 4.69) is 62.3 Å². The maximum atomic E-state index is 11.2. The topological polar surface area (TPSA) is 62.0 Å². The van der Waals surface area contributed by atoms with Crippen molar-refractivity contribution in [2.24, 2.45) is 10.8 Å². The quantitative estimate of drug-likeness (QED) is 0.710. The molecule has 154 valence electrons. The summed E-state index contributed by atoms with van der Waals surface area (Å²) < 4.78 is 0. The summed E-state index contributed by atoms with van der Waals surface area (Å²) in [5, 5.41) is 4.84. The minimum absolute atomic E-state index is 0.00789. The lowest BCUT2D eigenvalue weighted by atomic mass is 9.92. The summed E-state index contributed by atoms with van der Waals surface area (Å²) in [5.41, 5.74) is 2.06. The first-order chi connectivity index (χ1) is 13.6. The van der Waals surface area contributed by atoms with Crippen molar-refractivity contribution >= 4 is 18.1 Å². The summed E-state index contributed by atoms with van der Waals surface area (Å²) in [5.74, 6) is 0.101. The van der Waals surface area contributed by atoms with Crippen molar-refractivity contribution in [3.05, 3.63) is 80.8 Å². The molecule has 0 bridgehead atoms. The summed E-state index contributed by atoms with van der Waals surface area (Å²) in [6, 6.07) is 3.39. The number of fused-ring (bicyclic) bond motifs is 2. The van der Waals surface area contributed by atoms with Gasteiger partial charge in [-0.15, -0.1) is 0 Å². The molecule has 3 aliphatic rings. The number of allylic oxidation sites excluding steroid dienone is 7. The average Bonchev–Trinajstić information content (AvgIpc) is 2.79. The van der Waals surface area contributed by atoms with Gasteiger partial charge in [0.25, 0.3) is 0 Å². The van der Waals surface area contributed by atoms with Gasteiger partial charge in [-0.1, -0.05) is 90.2 Å². The minimum atomic E-state index is -0.0499. The molecule has 2 heterocycles. The highest BCUT2D eigenvalue weighted by atomic mass is 16.2. The first kappa shape index (κ1) is 22.4. The summed E-state index contributed by atoms with van der Waals surface area (Å²) in [6.45, 7) is 12.5. The van der Waals surface area contributed by atoms with Crippen LogP contribution < -0.4 is 21.4 Å². The number of nitrogens with one attached hydrogen (secondary N) is 2. The molecule has 4 rings (SSSR count). The number of pyridine rings is 1. The molecule has 1 amide bonds. The van der Waals surface area contributed by atoms with E-state index in [0.29, 0.717) is 6.42 Å². The lowest BCUT2D eigenvalue weighted by Crippen LogP contribution is -2.34. The molecule has 29 heavy (non-hydrogen) atoms. The van der Waals surface area contributed by atoms with Gasteiger partial charge in [-0.3, -0.25) is 9.59 Å². The maximum absolute atomic E-state index is 11.2. The molecular weight excluding hydrogens is 360 g/mol. The molecule has 1 fully saturated rings. The van der Waals surface area contributed by atoms with E-state index in [9.17, 15) is 9.59 Å². The highest BCUT2D eigenvalue weighted by Gasteiger charge is 2.24. The molecule has 4 nitrogen and oxygen atoms in total. The largest absolute Gasteiger partial charge is 0.326 e. The van der Waals surface area contributed by atoms with Crippen molar-refractivity contribution in [1.29, 1.82) is 0 Å². The molecule has 2 aliphatic carbocycles. The van der Waals surface area contributed by atoms with Crippen LogP contribution in [0.25, 0.3) is 12.2 Å². The van der Waals surface area contributed by atoms with E-state index in [1.165, 1.54) is 0 Å². The first-order valence-electron chi connectivity index (χ1n) is 10.2. The molecule has 1 aromatic heterocycles. The Morgan fingerprint density at radius 3 is 2.17 bits per heavy atom. The standard InChI is InChI=1S/C12H13NO.C11H13NO.C2H6/c1-12(2)7-3-4-9-5-6-11(14)13-10(9)8-12;1-11(2)5-3-4-8-6-10(13)12-9(8)7-11;1-2/h3-8H,1-2H3,(H,13,14);3-5,7H,6H2,1-2H3,(H,12,13);1-2H3. The number of hydrogen-bond acceptors (Lipinski definition) is 2. The van der Waals surface area contributed by atoms with E-state index >= 15 is 0 Å². The van der Waals surface area contributed by atoms with Gasteiger partial charge in [0.05, 0.1) is 6.42 Å². The highest BCUT2D eigenvalue weighted by Crippen LogP contribution is 2.29. The molecule has 0 aromatic carbocycles. The molecule has 0 atom stereocenters. The summed E-state index contributed by atoms with van der Waals surface area (Å²) in [4.78, 5) is 25.1. The monoisotopic (exact) mass is 392 g/mol. The Hall–Kier alpha value is -2.88. The van der Waals surface area contributed by atoms with Gasteiger partial charge in [-0.2, -0.15) is 0 Å². The van der Waals surface area contributed by atoms with E-state index in [0.717, 1.165) is 21.8 Å². The first-order valence-corrected chi connectivity index (χ1v) is 10.2. The Labute approximate surface area is 173 Å². The van der Waals surface area contributed by atoms with Gasteiger partial charge in [0, 0.05) is 27.9 Å². The molecule has 1 saturated heterocycles. The van der Waals surface area contributed by atoms with Gasteiger partial charge in [-0.25, -0.2) is 0 Å². The van der Waals surface area contributed by atoms with Crippen LogP contribution in [-0.2, 0) is 4.79 Å². The molecule has 0 spiro atoms. The van der Waals surface area contributed by atoms with Gasteiger partial charge in [-0.05, 0) is 16.9 Å². The maximum Gasteiger partial charge on any atom is 0.248 e. The number of carbonyl (C=O) groups is 1. The van der Waals surface area contributed by atoms with Crippen LogP contribution in [0.1, 0.15) is 48.0 Å². The van der Waals surface area contributed by atoms with Crippen molar-refractivity contribution in [3.8, 4) is 0 Å². The van der Waals surface area contributed by atoms with E-state index in [1.54, 1.807) is 6.07 Å². The van der Waals surface area contributed by atoms with Gasteiger partial charge in [0.1, 0.15) is 0 Å². The molecule has 0 saturated carbocycles. The Balaban J connectivity index is 0.000000191. The number of H-pyrrole nitrogens is 1. The fourth-order valence-corrected chi connectivity index (χ4v) is 3.24. The average molecular weight is 393 g/mol. The van der Waals surface area contributed by atoms with Gasteiger partial charge in [0.15, 0.2) is 0 Å². The molecule has 1 aromatic rings.